The summed E-state index contributed by atoms with van der Waals surface area (Å²) in [5, 5.41) is 20.6. The molecular formula is C15H16N2O4S. The molecule has 0 aliphatic carbocycles. The molecule has 0 bridgehead atoms. The topological polar surface area (TPSA) is 90.7 Å². The molecule has 7 heteroatoms. The summed E-state index contributed by atoms with van der Waals surface area (Å²) in [5.74, 6) is -2.35. The van der Waals surface area contributed by atoms with E-state index in [0.717, 1.165) is 10.7 Å². The van der Waals surface area contributed by atoms with E-state index in [9.17, 15) is 9.59 Å². The minimum absolute atomic E-state index is 0.225. The summed E-state index contributed by atoms with van der Waals surface area (Å²) in [6, 6.07) is 6.54. The van der Waals surface area contributed by atoms with Crippen molar-refractivity contribution in [2.75, 3.05) is 11.4 Å². The van der Waals surface area contributed by atoms with Crippen LogP contribution in [0.5, 0.6) is 0 Å². The number of aromatic nitrogens is 1. The molecule has 2 N–H and O–H groups in total. The lowest BCUT2D eigenvalue weighted by molar-refractivity contribution is -0.140. The van der Waals surface area contributed by atoms with Crippen LogP contribution in [-0.4, -0.2) is 33.7 Å². The number of thiazole rings is 1. The van der Waals surface area contributed by atoms with Gasteiger partial charge >= 0.3 is 11.9 Å². The molecule has 0 amide bonds. The second kappa shape index (κ2) is 7.04. The van der Waals surface area contributed by atoms with E-state index in [1.165, 1.54) is 11.3 Å². The molecule has 22 heavy (non-hydrogen) atoms. The fourth-order valence-corrected chi connectivity index (χ4v) is 2.62. The number of anilines is 1. The zero-order valence-electron chi connectivity index (χ0n) is 12.0. The number of aliphatic carboxylic acids is 1. The SMILES string of the molecule is CC(CN(Cc1ccc(C(=O)O)cc1)c1nccs1)C(=O)O. The van der Waals surface area contributed by atoms with Gasteiger partial charge in [0.25, 0.3) is 0 Å². The molecule has 0 aliphatic rings. The molecule has 0 radical (unpaired) electrons. The van der Waals surface area contributed by atoms with Gasteiger partial charge in [-0.15, -0.1) is 11.3 Å². The van der Waals surface area contributed by atoms with Gasteiger partial charge in [-0.25, -0.2) is 9.78 Å². The molecule has 2 rings (SSSR count). The Labute approximate surface area is 131 Å². The summed E-state index contributed by atoms with van der Waals surface area (Å²) in [5.41, 5.74) is 1.13. The predicted molar refractivity (Wildman–Crippen MR) is 83.4 cm³/mol. The van der Waals surface area contributed by atoms with E-state index in [4.69, 9.17) is 10.2 Å². The van der Waals surface area contributed by atoms with Crippen LogP contribution in [-0.2, 0) is 11.3 Å². The molecule has 0 aliphatic heterocycles. The first-order valence-electron chi connectivity index (χ1n) is 6.67. The number of carboxylic acids is 2. The van der Waals surface area contributed by atoms with Gasteiger partial charge in [0.1, 0.15) is 0 Å². The molecule has 0 spiro atoms. The van der Waals surface area contributed by atoms with Gasteiger partial charge in [-0.05, 0) is 17.7 Å². The average Bonchev–Trinajstić information content (AvgIpc) is 3.01. The Hall–Kier alpha value is -2.41. The number of carboxylic acid groups (broad SMARTS) is 2. The summed E-state index contributed by atoms with van der Waals surface area (Å²) in [7, 11) is 0. The number of aromatic carboxylic acids is 1. The number of hydrogen-bond acceptors (Lipinski definition) is 5. The molecule has 116 valence electrons. The van der Waals surface area contributed by atoms with E-state index >= 15 is 0 Å². The molecule has 0 fully saturated rings. The third-order valence-electron chi connectivity index (χ3n) is 3.18. The second-order valence-electron chi connectivity index (χ2n) is 4.94. The number of benzene rings is 1. The zero-order chi connectivity index (χ0) is 16.1. The Kier molecular flexibility index (Phi) is 5.11. The van der Waals surface area contributed by atoms with Crippen LogP contribution >= 0.6 is 11.3 Å². The Morgan fingerprint density at radius 2 is 1.95 bits per heavy atom. The quantitative estimate of drug-likeness (QED) is 0.815. The van der Waals surface area contributed by atoms with E-state index in [2.05, 4.69) is 4.98 Å². The highest BCUT2D eigenvalue weighted by Crippen LogP contribution is 2.21. The highest BCUT2D eigenvalue weighted by Gasteiger charge is 2.18. The maximum atomic E-state index is 11.1. The van der Waals surface area contributed by atoms with Crippen molar-refractivity contribution in [1.29, 1.82) is 0 Å². The molecule has 0 saturated carbocycles. The van der Waals surface area contributed by atoms with Crippen molar-refractivity contribution in [2.45, 2.75) is 13.5 Å². The van der Waals surface area contributed by atoms with Crippen LogP contribution in [0.25, 0.3) is 0 Å². The molecule has 1 atom stereocenters. The molecule has 1 unspecified atom stereocenters. The van der Waals surface area contributed by atoms with Crippen LogP contribution in [0.15, 0.2) is 35.8 Å². The van der Waals surface area contributed by atoms with Crippen molar-refractivity contribution < 1.29 is 19.8 Å². The second-order valence-corrected chi connectivity index (χ2v) is 5.81. The normalized spacial score (nSPS) is 11.9. The fraction of sp³-hybridized carbons (Fsp3) is 0.267. The van der Waals surface area contributed by atoms with Crippen molar-refractivity contribution in [3.8, 4) is 0 Å². The predicted octanol–water partition coefficient (Wildman–Crippen LogP) is 2.57. The number of nitrogens with zero attached hydrogens (tertiary/aromatic N) is 2. The van der Waals surface area contributed by atoms with Crippen molar-refractivity contribution >= 4 is 28.4 Å². The lowest BCUT2D eigenvalue weighted by atomic mass is 10.1. The van der Waals surface area contributed by atoms with Crippen molar-refractivity contribution in [2.24, 2.45) is 5.92 Å². The average molecular weight is 320 g/mol. The standard InChI is InChI=1S/C15H16N2O4S/c1-10(13(18)19)8-17(15-16-6-7-22-15)9-11-2-4-12(5-3-11)14(20)21/h2-7,10H,8-9H2,1H3,(H,18,19)(H,20,21). The van der Waals surface area contributed by atoms with Crippen molar-refractivity contribution in [1.82, 2.24) is 4.98 Å². The molecular weight excluding hydrogens is 304 g/mol. The van der Waals surface area contributed by atoms with E-state index in [1.54, 1.807) is 37.4 Å². The molecule has 1 heterocycles. The smallest absolute Gasteiger partial charge is 0.335 e. The first-order chi connectivity index (χ1) is 10.5. The maximum Gasteiger partial charge on any atom is 0.335 e. The van der Waals surface area contributed by atoms with Crippen LogP contribution < -0.4 is 4.90 Å². The summed E-state index contributed by atoms with van der Waals surface area (Å²) < 4.78 is 0. The minimum atomic E-state index is -0.970. The van der Waals surface area contributed by atoms with E-state index < -0.39 is 17.9 Å². The van der Waals surface area contributed by atoms with Gasteiger partial charge < -0.3 is 15.1 Å². The summed E-state index contributed by atoms with van der Waals surface area (Å²) >= 11 is 1.44. The van der Waals surface area contributed by atoms with E-state index in [0.29, 0.717) is 13.1 Å². The first-order valence-corrected chi connectivity index (χ1v) is 7.55. The number of hydrogen-bond donors (Lipinski definition) is 2. The Morgan fingerprint density at radius 3 is 2.45 bits per heavy atom. The van der Waals surface area contributed by atoms with Crippen molar-refractivity contribution in [3.05, 3.63) is 47.0 Å². The van der Waals surface area contributed by atoms with Crippen LogP contribution in [0.3, 0.4) is 0 Å². The Bertz CT molecular complexity index is 640. The lowest BCUT2D eigenvalue weighted by Crippen LogP contribution is -2.31. The molecule has 0 saturated heterocycles. The summed E-state index contributed by atoms with van der Waals surface area (Å²) in [4.78, 5) is 28.0. The van der Waals surface area contributed by atoms with Crippen molar-refractivity contribution in [3.63, 3.8) is 0 Å². The third kappa shape index (κ3) is 4.05. The van der Waals surface area contributed by atoms with Crippen LogP contribution in [0.2, 0.25) is 0 Å². The molecule has 1 aromatic carbocycles. The molecule has 6 nitrogen and oxygen atoms in total. The highest BCUT2D eigenvalue weighted by atomic mass is 32.1. The van der Waals surface area contributed by atoms with Gasteiger partial charge in [-0.2, -0.15) is 0 Å². The van der Waals surface area contributed by atoms with E-state index in [-0.39, 0.29) is 5.56 Å². The first kappa shape index (κ1) is 16.0. The zero-order valence-corrected chi connectivity index (χ0v) is 12.8. The Morgan fingerprint density at radius 1 is 1.27 bits per heavy atom. The largest absolute Gasteiger partial charge is 0.481 e. The monoisotopic (exact) mass is 320 g/mol. The summed E-state index contributed by atoms with van der Waals surface area (Å²) in [6.45, 7) is 2.46. The third-order valence-corrected chi connectivity index (χ3v) is 4.01. The summed E-state index contributed by atoms with van der Waals surface area (Å²) in [6.07, 6.45) is 1.67. The van der Waals surface area contributed by atoms with Gasteiger partial charge in [0.15, 0.2) is 5.13 Å². The van der Waals surface area contributed by atoms with Crippen LogP contribution in [0, 0.1) is 5.92 Å². The molecule has 2 aromatic rings. The van der Waals surface area contributed by atoms with Gasteiger partial charge in [-0.1, -0.05) is 19.1 Å². The van der Waals surface area contributed by atoms with Gasteiger partial charge in [0.2, 0.25) is 0 Å². The minimum Gasteiger partial charge on any atom is -0.481 e. The van der Waals surface area contributed by atoms with Crippen LogP contribution in [0.4, 0.5) is 5.13 Å². The molecule has 1 aromatic heterocycles. The van der Waals surface area contributed by atoms with Gasteiger partial charge in [0, 0.05) is 24.7 Å². The number of rotatable bonds is 7. The van der Waals surface area contributed by atoms with Gasteiger partial charge in [-0.3, -0.25) is 4.79 Å². The van der Waals surface area contributed by atoms with E-state index in [1.807, 2.05) is 10.3 Å². The highest BCUT2D eigenvalue weighted by molar-refractivity contribution is 7.13. The van der Waals surface area contributed by atoms with Gasteiger partial charge in [0.05, 0.1) is 11.5 Å². The maximum absolute atomic E-state index is 11.1. The Balaban J connectivity index is 2.15. The lowest BCUT2D eigenvalue weighted by Gasteiger charge is -2.24. The number of carbonyl (C=O) groups is 2. The fourth-order valence-electron chi connectivity index (χ4n) is 1.96. The van der Waals surface area contributed by atoms with Crippen LogP contribution in [0.1, 0.15) is 22.8 Å².